The van der Waals surface area contributed by atoms with Crippen LogP contribution in [0.4, 0.5) is 0 Å². The molecule has 2 rings (SSSR count). The molecular weight excluding hydrogens is 408 g/mol. The molecule has 0 fully saturated rings. The number of aromatic nitrogens is 2. The van der Waals surface area contributed by atoms with Crippen molar-refractivity contribution >= 4 is 12.8 Å². The number of amides is 2. The summed E-state index contributed by atoms with van der Waals surface area (Å²) >= 11 is 0. The van der Waals surface area contributed by atoms with Gasteiger partial charge in [-0.1, -0.05) is 30.3 Å². The Kier molecular flexibility index (Phi) is 8.98. The molecule has 2 aromatic rings. The van der Waals surface area contributed by atoms with Gasteiger partial charge in [-0.15, -0.1) is 0 Å². The van der Waals surface area contributed by atoms with E-state index >= 15 is 0 Å². The number of nitrogens with zero attached hydrogens (tertiary/aromatic N) is 3. The highest BCUT2D eigenvalue weighted by molar-refractivity contribution is 5.58. The first-order valence-electron chi connectivity index (χ1n) is 11.0. The van der Waals surface area contributed by atoms with Crippen molar-refractivity contribution in [2.24, 2.45) is 0 Å². The van der Waals surface area contributed by atoms with Crippen LogP contribution >= 0.6 is 0 Å². The lowest BCUT2D eigenvalue weighted by molar-refractivity contribution is -0.236. The van der Waals surface area contributed by atoms with Gasteiger partial charge in [0.15, 0.2) is 0 Å². The van der Waals surface area contributed by atoms with Crippen LogP contribution in [0.5, 0.6) is 0 Å². The van der Waals surface area contributed by atoms with Gasteiger partial charge in [-0.3, -0.25) is 19.3 Å². The van der Waals surface area contributed by atoms with Gasteiger partial charge in [0.05, 0.1) is 23.1 Å². The standard InChI is InChI=1S/C24H36N4O4/c1-23(2,3)31-27(17-29)15-11-10-14-21(28(18-30)32-24(4,5)6)22-25-16-20(26-22)19-12-8-7-9-13-19/h7-9,12-13,16-18,21H,10-11,14-15H2,1-6H3,(H,25,26). The van der Waals surface area contributed by atoms with E-state index in [1.807, 2.05) is 71.9 Å². The molecule has 0 bridgehead atoms. The second-order valence-electron chi connectivity index (χ2n) is 9.68. The number of H-pyrrole nitrogens is 1. The van der Waals surface area contributed by atoms with Gasteiger partial charge in [0.2, 0.25) is 12.8 Å². The van der Waals surface area contributed by atoms with E-state index in [1.165, 1.54) is 10.1 Å². The third-order valence-electron chi connectivity index (χ3n) is 4.40. The van der Waals surface area contributed by atoms with E-state index in [1.54, 1.807) is 6.20 Å². The summed E-state index contributed by atoms with van der Waals surface area (Å²) in [4.78, 5) is 42.6. The number of unbranched alkanes of at least 4 members (excludes halogenated alkanes) is 1. The predicted octanol–water partition coefficient (Wildman–Crippen LogP) is 4.67. The first-order valence-corrected chi connectivity index (χ1v) is 11.0. The number of carbonyl (C=O) groups excluding carboxylic acids is 2. The molecule has 0 saturated carbocycles. The minimum absolute atomic E-state index is 0.391. The third kappa shape index (κ3) is 8.43. The maximum absolute atomic E-state index is 11.9. The average Bonchev–Trinajstić information content (AvgIpc) is 3.20. The number of imidazole rings is 1. The highest BCUT2D eigenvalue weighted by Gasteiger charge is 2.27. The second kappa shape index (κ2) is 11.2. The zero-order chi connectivity index (χ0) is 23.8. The summed E-state index contributed by atoms with van der Waals surface area (Å²) in [6.07, 6.45) is 5.21. The average molecular weight is 445 g/mol. The molecule has 32 heavy (non-hydrogen) atoms. The molecule has 1 atom stereocenters. The molecule has 0 aliphatic heterocycles. The van der Waals surface area contributed by atoms with Crippen LogP contribution in [0.3, 0.4) is 0 Å². The molecule has 1 unspecified atom stereocenters. The molecule has 0 spiro atoms. The summed E-state index contributed by atoms with van der Waals surface area (Å²) < 4.78 is 0. The zero-order valence-electron chi connectivity index (χ0n) is 20.0. The quantitative estimate of drug-likeness (QED) is 0.292. The summed E-state index contributed by atoms with van der Waals surface area (Å²) in [5.74, 6) is 0.651. The largest absolute Gasteiger partial charge is 0.340 e. The van der Waals surface area contributed by atoms with Crippen LogP contribution in [-0.4, -0.2) is 50.7 Å². The van der Waals surface area contributed by atoms with Crippen molar-refractivity contribution in [1.82, 2.24) is 20.1 Å². The fourth-order valence-corrected chi connectivity index (χ4v) is 3.21. The van der Waals surface area contributed by atoms with Crippen LogP contribution in [0.1, 0.15) is 72.7 Å². The van der Waals surface area contributed by atoms with Gasteiger partial charge in [0, 0.05) is 6.54 Å². The van der Waals surface area contributed by atoms with Crippen molar-refractivity contribution in [3.05, 3.63) is 42.4 Å². The lowest BCUT2D eigenvalue weighted by Crippen LogP contribution is -2.36. The summed E-state index contributed by atoms with van der Waals surface area (Å²) in [7, 11) is 0. The van der Waals surface area contributed by atoms with Crippen LogP contribution in [0.15, 0.2) is 36.5 Å². The molecule has 0 aliphatic carbocycles. The lowest BCUT2D eigenvalue weighted by Gasteiger charge is -2.32. The number of rotatable bonds is 12. The lowest BCUT2D eigenvalue weighted by atomic mass is 10.1. The van der Waals surface area contributed by atoms with Crippen molar-refractivity contribution in [3.63, 3.8) is 0 Å². The summed E-state index contributed by atoms with van der Waals surface area (Å²) in [5.41, 5.74) is 0.904. The molecule has 0 radical (unpaired) electrons. The van der Waals surface area contributed by atoms with E-state index in [0.29, 0.717) is 38.0 Å². The van der Waals surface area contributed by atoms with E-state index < -0.39 is 17.2 Å². The second-order valence-corrected chi connectivity index (χ2v) is 9.68. The Labute approximate surface area is 190 Å². The molecule has 1 heterocycles. The minimum atomic E-state index is -0.539. The van der Waals surface area contributed by atoms with Gasteiger partial charge >= 0.3 is 0 Å². The zero-order valence-corrected chi connectivity index (χ0v) is 20.0. The Balaban J connectivity index is 2.12. The topological polar surface area (TPSA) is 87.8 Å². The Bertz CT molecular complexity index is 840. The number of aromatic amines is 1. The monoisotopic (exact) mass is 444 g/mol. The van der Waals surface area contributed by atoms with Crippen molar-refractivity contribution < 1.29 is 19.3 Å². The van der Waals surface area contributed by atoms with Crippen LogP contribution in [0.2, 0.25) is 0 Å². The van der Waals surface area contributed by atoms with Gasteiger partial charge in [-0.2, -0.15) is 0 Å². The van der Waals surface area contributed by atoms with E-state index in [2.05, 4.69) is 9.97 Å². The molecule has 0 saturated heterocycles. The number of benzene rings is 1. The maximum atomic E-state index is 11.9. The van der Waals surface area contributed by atoms with Crippen molar-refractivity contribution in [2.75, 3.05) is 6.54 Å². The first kappa shape index (κ1) is 25.5. The van der Waals surface area contributed by atoms with Crippen LogP contribution in [0.25, 0.3) is 11.3 Å². The molecule has 8 nitrogen and oxygen atoms in total. The number of hydrogen-bond acceptors (Lipinski definition) is 5. The van der Waals surface area contributed by atoms with Gasteiger partial charge < -0.3 is 4.98 Å². The van der Waals surface area contributed by atoms with Gasteiger partial charge in [0.25, 0.3) is 0 Å². The highest BCUT2D eigenvalue weighted by Crippen LogP contribution is 2.28. The Morgan fingerprint density at radius 3 is 2.19 bits per heavy atom. The third-order valence-corrected chi connectivity index (χ3v) is 4.40. The molecule has 8 heteroatoms. The molecule has 2 amide bonds. The normalized spacial score (nSPS) is 12.9. The molecule has 0 aliphatic rings. The van der Waals surface area contributed by atoms with Crippen molar-refractivity contribution in [1.29, 1.82) is 0 Å². The molecular formula is C24H36N4O4. The number of carbonyl (C=O) groups is 2. The Morgan fingerprint density at radius 1 is 0.969 bits per heavy atom. The summed E-state index contributed by atoms with van der Waals surface area (Å²) in [6, 6.07) is 9.49. The molecule has 176 valence electrons. The first-order chi connectivity index (χ1) is 15.0. The van der Waals surface area contributed by atoms with Gasteiger partial charge in [-0.05, 0) is 66.4 Å². The maximum Gasteiger partial charge on any atom is 0.234 e. The van der Waals surface area contributed by atoms with Crippen LogP contribution in [-0.2, 0) is 19.3 Å². The SMILES string of the molecule is CC(C)(C)ON(C=O)CCCCC(c1ncc(-c2ccccc2)[nH]1)N(C=O)OC(C)(C)C. The summed E-state index contributed by atoms with van der Waals surface area (Å²) in [5, 5.41) is 2.65. The highest BCUT2D eigenvalue weighted by atomic mass is 16.7. The van der Waals surface area contributed by atoms with E-state index in [-0.39, 0.29) is 0 Å². The number of hydroxylamine groups is 4. The predicted molar refractivity (Wildman–Crippen MR) is 123 cm³/mol. The van der Waals surface area contributed by atoms with E-state index in [9.17, 15) is 9.59 Å². The van der Waals surface area contributed by atoms with Crippen LogP contribution in [0, 0.1) is 0 Å². The fourth-order valence-electron chi connectivity index (χ4n) is 3.21. The van der Waals surface area contributed by atoms with E-state index in [4.69, 9.17) is 9.68 Å². The van der Waals surface area contributed by atoms with E-state index in [0.717, 1.165) is 17.7 Å². The summed E-state index contributed by atoms with van der Waals surface area (Å²) in [6.45, 7) is 11.8. The smallest absolute Gasteiger partial charge is 0.234 e. The van der Waals surface area contributed by atoms with Crippen molar-refractivity contribution in [2.45, 2.75) is 78.0 Å². The molecule has 1 aromatic carbocycles. The molecule has 1 N–H and O–H groups in total. The minimum Gasteiger partial charge on any atom is -0.340 e. The van der Waals surface area contributed by atoms with Crippen molar-refractivity contribution in [3.8, 4) is 11.3 Å². The van der Waals surface area contributed by atoms with Crippen LogP contribution < -0.4 is 0 Å². The Morgan fingerprint density at radius 2 is 1.62 bits per heavy atom. The molecule has 1 aromatic heterocycles. The Hall–Kier alpha value is -2.71. The van der Waals surface area contributed by atoms with Gasteiger partial charge in [0.1, 0.15) is 11.9 Å². The number of hydrogen-bond donors (Lipinski definition) is 1. The van der Waals surface area contributed by atoms with Gasteiger partial charge in [-0.25, -0.2) is 15.1 Å². The number of nitrogens with one attached hydrogen (secondary N) is 1. The fraction of sp³-hybridized carbons (Fsp3) is 0.542.